The van der Waals surface area contributed by atoms with Crippen molar-refractivity contribution in [1.29, 1.82) is 5.26 Å². The molecule has 1 aromatic carbocycles. The highest BCUT2D eigenvalue weighted by Gasteiger charge is 2.41. The number of aliphatic hydroxyl groups is 1. The Labute approximate surface area is 119 Å². The highest BCUT2D eigenvalue weighted by Crippen LogP contribution is 2.37. The van der Waals surface area contributed by atoms with Gasteiger partial charge in [-0.1, -0.05) is 37.1 Å². The van der Waals surface area contributed by atoms with Crippen LogP contribution in [0.25, 0.3) is 0 Å². The van der Waals surface area contributed by atoms with Gasteiger partial charge in [0.25, 0.3) is 0 Å². The molecule has 1 aromatic rings. The minimum Gasteiger partial charge on any atom is -0.387 e. The monoisotopic (exact) mass is 272 g/mol. The van der Waals surface area contributed by atoms with E-state index in [4.69, 9.17) is 0 Å². The van der Waals surface area contributed by atoms with Crippen LogP contribution >= 0.6 is 0 Å². The van der Waals surface area contributed by atoms with E-state index in [1.807, 2.05) is 31.2 Å². The summed E-state index contributed by atoms with van der Waals surface area (Å²) in [6, 6.07) is 9.70. The molecule has 0 aromatic heterocycles. The van der Waals surface area contributed by atoms with Crippen LogP contribution in [-0.2, 0) is 4.79 Å². The second-order valence-corrected chi connectivity index (χ2v) is 5.48. The average molecular weight is 272 g/mol. The van der Waals surface area contributed by atoms with Crippen LogP contribution in [0.3, 0.4) is 0 Å². The number of nitrogens with one attached hydrogen (secondary N) is 1. The number of aryl methyl sites for hydroxylation is 1. The Bertz CT molecular complexity index is 528. The zero-order valence-electron chi connectivity index (χ0n) is 11.7. The highest BCUT2D eigenvalue weighted by atomic mass is 16.3. The Balaban J connectivity index is 1.97. The minimum absolute atomic E-state index is 0.146. The van der Waals surface area contributed by atoms with Gasteiger partial charge in [-0.2, -0.15) is 5.26 Å². The third-order valence-corrected chi connectivity index (χ3v) is 4.11. The van der Waals surface area contributed by atoms with E-state index >= 15 is 0 Å². The molecular formula is C16H20N2O2. The SMILES string of the molecule is Cc1ccccc1[C@H](O)CNC(=O)C1(C#N)CCCC1. The average Bonchev–Trinajstić information content (AvgIpc) is 2.95. The van der Waals surface area contributed by atoms with Gasteiger partial charge in [0.2, 0.25) is 5.91 Å². The molecule has 4 nitrogen and oxygen atoms in total. The molecule has 106 valence electrons. The van der Waals surface area contributed by atoms with Crippen LogP contribution in [0, 0.1) is 23.7 Å². The maximum absolute atomic E-state index is 12.2. The predicted octanol–water partition coefficient (Wildman–Crippen LogP) is 2.23. The molecule has 20 heavy (non-hydrogen) atoms. The Morgan fingerprint density at radius 2 is 2.10 bits per heavy atom. The quantitative estimate of drug-likeness (QED) is 0.882. The zero-order valence-corrected chi connectivity index (χ0v) is 11.7. The van der Waals surface area contributed by atoms with Gasteiger partial charge in [0, 0.05) is 6.54 Å². The number of hydrogen-bond acceptors (Lipinski definition) is 3. The van der Waals surface area contributed by atoms with Crippen molar-refractivity contribution < 1.29 is 9.90 Å². The lowest BCUT2D eigenvalue weighted by atomic mass is 9.87. The standard InChI is InChI=1S/C16H20N2O2/c1-12-6-2-3-7-13(12)14(19)10-18-15(20)16(11-17)8-4-5-9-16/h2-3,6-7,14,19H,4-5,8-10H2,1H3,(H,18,20)/t14-/m1/s1. The van der Waals surface area contributed by atoms with Gasteiger partial charge in [0.1, 0.15) is 5.41 Å². The molecule has 0 unspecified atom stereocenters. The lowest BCUT2D eigenvalue weighted by molar-refractivity contribution is -0.128. The molecule has 0 radical (unpaired) electrons. The first-order valence-corrected chi connectivity index (χ1v) is 7.02. The Hall–Kier alpha value is -1.86. The van der Waals surface area contributed by atoms with Crippen molar-refractivity contribution in [2.45, 2.75) is 38.7 Å². The molecule has 0 heterocycles. The molecule has 1 amide bonds. The van der Waals surface area contributed by atoms with Gasteiger partial charge in [-0.25, -0.2) is 0 Å². The molecule has 0 bridgehead atoms. The van der Waals surface area contributed by atoms with Crippen molar-refractivity contribution in [3.8, 4) is 6.07 Å². The van der Waals surface area contributed by atoms with Gasteiger partial charge < -0.3 is 10.4 Å². The minimum atomic E-state index is -0.883. The molecule has 4 heteroatoms. The van der Waals surface area contributed by atoms with Crippen molar-refractivity contribution in [1.82, 2.24) is 5.32 Å². The third-order valence-electron chi connectivity index (χ3n) is 4.11. The van der Waals surface area contributed by atoms with E-state index in [1.165, 1.54) is 0 Å². The summed E-state index contributed by atoms with van der Waals surface area (Å²) in [5, 5.41) is 22.1. The van der Waals surface area contributed by atoms with Crippen molar-refractivity contribution in [3.05, 3.63) is 35.4 Å². The smallest absolute Gasteiger partial charge is 0.240 e. The maximum Gasteiger partial charge on any atom is 0.240 e. The first-order chi connectivity index (χ1) is 9.59. The number of carbonyl (C=O) groups excluding carboxylic acids is 1. The lowest BCUT2D eigenvalue weighted by Crippen LogP contribution is -2.40. The second kappa shape index (κ2) is 6.06. The van der Waals surface area contributed by atoms with E-state index in [2.05, 4.69) is 11.4 Å². The van der Waals surface area contributed by atoms with E-state index in [9.17, 15) is 15.2 Å². The van der Waals surface area contributed by atoms with Crippen LogP contribution in [0.2, 0.25) is 0 Å². The summed E-state index contributed by atoms with van der Waals surface area (Å²) in [6.45, 7) is 2.07. The molecule has 0 aliphatic heterocycles. The first-order valence-electron chi connectivity index (χ1n) is 7.02. The number of rotatable bonds is 4. The lowest BCUT2D eigenvalue weighted by Gasteiger charge is -2.21. The zero-order chi connectivity index (χ0) is 14.6. The maximum atomic E-state index is 12.2. The molecule has 0 spiro atoms. The number of nitrogens with zero attached hydrogens (tertiary/aromatic N) is 1. The first kappa shape index (κ1) is 14.5. The second-order valence-electron chi connectivity index (χ2n) is 5.48. The molecule has 1 aliphatic carbocycles. The molecule has 2 rings (SSSR count). The van der Waals surface area contributed by atoms with E-state index < -0.39 is 11.5 Å². The van der Waals surface area contributed by atoms with Gasteiger partial charge in [-0.15, -0.1) is 0 Å². The Kier molecular flexibility index (Phi) is 4.41. The van der Waals surface area contributed by atoms with Crippen molar-refractivity contribution in [3.63, 3.8) is 0 Å². The summed E-state index contributed by atoms with van der Waals surface area (Å²) in [6.07, 6.45) is 2.34. The van der Waals surface area contributed by atoms with Crippen LogP contribution in [0.5, 0.6) is 0 Å². The van der Waals surface area contributed by atoms with Gasteiger partial charge >= 0.3 is 0 Å². The molecule has 1 fully saturated rings. The summed E-state index contributed by atoms with van der Waals surface area (Å²) >= 11 is 0. The van der Waals surface area contributed by atoms with Crippen LogP contribution < -0.4 is 5.32 Å². The van der Waals surface area contributed by atoms with Gasteiger partial charge in [-0.05, 0) is 30.9 Å². The number of carbonyl (C=O) groups is 1. The highest BCUT2D eigenvalue weighted by molar-refractivity contribution is 5.85. The van der Waals surface area contributed by atoms with Gasteiger partial charge in [-0.3, -0.25) is 4.79 Å². The summed E-state index contributed by atoms with van der Waals surface area (Å²) in [5.74, 6) is -0.245. The van der Waals surface area contributed by atoms with E-state index in [1.54, 1.807) is 0 Å². The largest absolute Gasteiger partial charge is 0.387 e. The van der Waals surface area contributed by atoms with Crippen LogP contribution in [0.4, 0.5) is 0 Å². The normalized spacial score (nSPS) is 18.2. The van der Waals surface area contributed by atoms with Crippen molar-refractivity contribution in [2.24, 2.45) is 5.41 Å². The number of amides is 1. The summed E-state index contributed by atoms with van der Waals surface area (Å²) in [4.78, 5) is 12.2. The fourth-order valence-electron chi connectivity index (χ4n) is 2.80. The van der Waals surface area contributed by atoms with E-state index in [0.717, 1.165) is 24.0 Å². The number of benzene rings is 1. The van der Waals surface area contributed by atoms with Gasteiger partial charge in [0.15, 0.2) is 0 Å². The molecule has 0 saturated heterocycles. The molecule has 1 aliphatic rings. The number of nitriles is 1. The number of hydrogen-bond donors (Lipinski definition) is 2. The van der Waals surface area contributed by atoms with Crippen LogP contribution in [-0.4, -0.2) is 17.6 Å². The van der Waals surface area contributed by atoms with E-state index in [-0.39, 0.29) is 12.5 Å². The third kappa shape index (κ3) is 2.83. The Morgan fingerprint density at radius 3 is 2.70 bits per heavy atom. The van der Waals surface area contributed by atoms with Crippen LogP contribution in [0.1, 0.15) is 42.9 Å². The van der Waals surface area contributed by atoms with Crippen molar-refractivity contribution in [2.75, 3.05) is 6.54 Å². The fraction of sp³-hybridized carbons (Fsp3) is 0.500. The van der Waals surface area contributed by atoms with E-state index in [0.29, 0.717) is 12.8 Å². The molecule has 1 saturated carbocycles. The van der Waals surface area contributed by atoms with Gasteiger partial charge in [0.05, 0.1) is 12.2 Å². The molecule has 1 atom stereocenters. The molecule has 2 N–H and O–H groups in total. The summed E-state index contributed by atoms with van der Waals surface area (Å²) in [5.41, 5.74) is 0.918. The number of aliphatic hydroxyl groups excluding tert-OH is 1. The Morgan fingerprint density at radius 1 is 1.45 bits per heavy atom. The predicted molar refractivity (Wildman–Crippen MR) is 75.7 cm³/mol. The van der Waals surface area contributed by atoms with Crippen molar-refractivity contribution >= 4 is 5.91 Å². The summed E-state index contributed by atoms with van der Waals surface area (Å²) < 4.78 is 0. The fourth-order valence-corrected chi connectivity index (χ4v) is 2.80. The molecular weight excluding hydrogens is 252 g/mol. The topological polar surface area (TPSA) is 73.1 Å². The summed E-state index contributed by atoms with van der Waals surface area (Å²) in [7, 11) is 0. The van der Waals surface area contributed by atoms with Crippen LogP contribution in [0.15, 0.2) is 24.3 Å².